The van der Waals surface area contributed by atoms with Crippen LogP contribution in [-0.4, -0.2) is 44.2 Å². The van der Waals surface area contributed by atoms with E-state index in [0.29, 0.717) is 20.6 Å². The topological polar surface area (TPSA) is 134 Å². The van der Waals surface area contributed by atoms with Crippen molar-refractivity contribution >= 4 is 43.7 Å². The van der Waals surface area contributed by atoms with E-state index in [1.807, 2.05) is 6.20 Å². The Morgan fingerprint density at radius 1 is 1.06 bits per heavy atom. The van der Waals surface area contributed by atoms with Gasteiger partial charge in [-0.25, -0.2) is 4.79 Å². The van der Waals surface area contributed by atoms with Gasteiger partial charge in [0.15, 0.2) is 5.43 Å². The average Bonchev–Trinajstić information content (AvgIpc) is 3.10. The van der Waals surface area contributed by atoms with Gasteiger partial charge in [0.05, 0.1) is 22.9 Å². The first-order valence-electron chi connectivity index (χ1n) is 10.3. The van der Waals surface area contributed by atoms with Crippen LogP contribution >= 0.6 is 0 Å². The first kappa shape index (κ1) is 23.2. The number of carboxylic acid groups (broad SMARTS) is 1. The molecule has 0 saturated heterocycles. The number of aromatic nitrogens is 3. The van der Waals surface area contributed by atoms with Gasteiger partial charge in [-0.2, -0.15) is 17.8 Å². The van der Waals surface area contributed by atoms with Crippen molar-refractivity contribution in [3.63, 3.8) is 0 Å². The summed E-state index contributed by atoms with van der Waals surface area (Å²) < 4.78 is 29.9. The van der Waals surface area contributed by atoms with Crippen LogP contribution in [-0.2, 0) is 17.3 Å². The highest BCUT2D eigenvalue weighted by atomic mass is 32.2. The molecular formula is C23H23N5O5S. The molecule has 10 nitrogen and oxygen atoms in total. The summed E-state index contributed by atoms with van der Waals surface area (Å²) >= 11 is 0. The average molecular weight is 482 g/mol. The van der Waals surface area contributed by atoms with Gasteiger partial charge >= 0.3 is 16.3 Å². The fraction of sp³-hybridized carbons (Fsp3) is 0.217. The van der Waals surface area contributed by atoms with E-state index in [9.17, 15) is 23.1 Å². The summed E-state index contributed by atoms with van der Waals surface area (Å²) in [6.07, 6.45) is 3.53. The lowest BCUT2D eigenvalue weighted by molar-refractivity contribution is 0.147. The predicted molar refractivity (Wildman–Crippen MR) is 130 cm³/mol. The molecule has 0 saturated carbocycles. The van der Waals surface area contributed by atoms with Gasteiger partial charge < -0.3 is 5.11 Å². The van der Waals surface area contributed by atoms with Crippen LogP contribution in [0.1, 0.15) is 20.8 Å². The number of aryl methyl sites for hydroxylation is 1. The molecular weight excluding hydrogens is 458 g/mol. The third-order valence-electron chi connectivity index (χ3n) is 5.19. The highest BCUT2D eigenvalue weighted by molar-refractivity contribution is 7.91. The number of pyridine rings is 1. The smallest absolute Gasteiger partial charge is 0.422 e. The van der Waals surface area contributed by atoms with Crippen LogP contribution in [0.3, 0.4) is 0 Å². The highest BCUT2D eigenvalue weighted by Gasteiger charge is 2.37. The van der Waals surface area contributed by atoms with Crippen molar-refractivity contribution in [2.45, 2.75) is 26.3 Å². The molecule has 2 aromatic heterocycles. The number of fused-ring (bicyclic) bond motifs is 2. The number of anilines is 1. The minimum atomic E-state index is -4.45. The molecule has 34 heavy (non-hydrogen) atoms. The van der Waals surface area contributed by atoms with Gasteiger partial charge in [0, 0.05) is 41.3 Å². The maximum atomic E-state index is 13.5. The molecule has 1 amide bonds. The molecule has 2 heterocycles. The second-order valence-corrected chi connectivity index (χ2v) is 10.4. The van der Waals surface area contributed by atoms with Crippen LogP contribution in [0.15, 0.2) is 59.8 Å². The lowest BCUT2D eigenvalue weighted by Crippen LogP contribution is -2.50. The van der Waals surface area contributed by atoms with Crippen molar-refractivity contribution in [3.8, 4) is 11.1 Å². The highest BCUT2D eigenvalue weighted by Crippen LogP contribution is 2.25. The maximum Gasteiger partial charge on any atom is 0.422 e. The van der Waals surface area contributed by atoms with Gasteiger partial charge in [0.2, 0.25) is 0 Å². The van der Waals surface area contributed by atoms with Crippen LogP contribution in [0.4, 0.5) is 10.5 Å². The van der Waals surface area contributed by atoms with Crippen molar-refractivity contribution in [3.05, 3.63) is 65.2 Å². The van der Waals surface area contributed by atoms with Crippen LogP contribution in [0.2, 0.25) is 0 Å². The standard InChI is InChI=1S/C23H23N5O5S/c1-23(2,3)28(22(30)31)34(32,33)26-17-7-5-14-6-8-20-19(21(29)18(14)10-17)9-15(11-24-20)16-12-25-27(4)13-16/h5-13,26H,1-4H3,(H,30,31). The van der Waals surface area contributed by atoms with E-state index in [0.717, 1.165) is 11.1 Å². The Kier molecular flexibility index (Phi) is 5.52. The summed E-state index contributed by atoms with van der Waals surface area (Å²) in [7, 11) is -2.66. The summed E-state index contributed by atoms with van der Waals surface area (Å²) in [5.41, 5.74) is 0.527. The Labute approximate surface area is 195 Å². The molecule has 4 rings (SSSR count). The van der Waals surface area contributed by atoms with E-state index in [2.05, 4.69) is 14.8 Å². The van der Waals surface area contributed by atoms with Gasteiger partial charge in [-0.3, -0.25) is 19.2 Å². The van der Waals surface area contributed by atoms with E-state index >= 15 is 0 Å². The summed E-state index contributed by atoms with van der Waals surface area (Å²) in [6.45, 7) is 4.40. The minimum absolute atomic E-state index is 0.0656. The van der Waals surface area contributed by atoms with E-state index in [1.54, 1.807) is 48.4 Å². The van der Waals surface area contributed by atoms with Crippen LogP contribution in [0, 0.1) is 0 Å². The maximum absolute atomic E-state index is 13.5. The lowest BCUT2D eigenvalue weighted by atomic mass is 10.1. The fourth-order valence-corrected chi connectivity index (χ4v) is 5.18. The summed E-state index contributed by atoms with van der Waals surface area (Å²) in [5.74, 6) is 0. The SMILES string of the molecule is Cn1cc(-c2cnc3ccc4ccc(NS(=O)(=O)N(C(=O)O)C(C)(C)C)cc4c(=O)c3c2)cn1. The molecule has 0 atom stereocenters. The van der Waals surface area contributed by atoms with Gasteiger partial charge in [0.1, 0.15) is 0 Å². The van der Waals surface area contributed by atoms with E-state index in [1.165, 1.54) is 32.9 Å². The summed E-state index contributed by atoms with van der Waals surface area (Å²) in [4.78, 5) is 29.5. The predicted octanol–water partition coefficient (Wildman–Crippen LogP) is 3.58. The van der Waals surface area contributed by atoms with E-state index in [-0.39, 0.29) is 16.5 Å². The minimum Gasteiger partial charge on any atom is -0.464 e. The zero-order valence-corrected chi connectivity index (χ0v) is 19.8. The number of hydrogen-bond donors (Lipinski definition) is 2. The Bertz CT molecular complexity index is 1610. The molecule has 0 unspecified atom stereocenters. The van der Waals surface area contributed by atoms with Crippen molar-refractivity contribution in [1.82, 2.24) is 19.1 Å². The largest absolute Gasteiger partial charge is 0.464 e. The third-order valence-corrected chi connectivity index (χ3v) is 6.87. The van der Waals surface area contributed by atoms with Crippen molar-refractivity contribution < 1.29 is 18.3 Å². The number of amides is 1. The van der Waals surface area contributed by atoms with E-state index < -0.39 is 21.8 Å². The number of nitrogens with one attached hydrogen (secondary N) is 1. The number of benzene rings is 1. The third kappa shape index (κ3) is 4.29. The van der Waals surface area contributed by atoms with Crippen molar-refractivity contribution in [2.24, 2.45) is 7.05 Å². The Hall–Kier alpha value is -3.99. The Morgan fingerprint density at radius 2 is 1.76 bits per heavy atom. The summed E-state index contributed by atoms with van der Waals surface area (Å²) in [6, 6.07) is 9.64. The van der Waals surface area contributed by atoms with Crippen LogP contribution < -0.4 is 10.2 Å². The lowest BCUT2D eigenvalue weighted by Gasteiger charge is -2.31. The molecule has 176 valence electrons. The number of carbonyl (C=O) groups is 1. The molecule has 0 radical (unpaired) electrons. The van der Waals surface area contributed by atoms with Crippen LogP contribution in [0.25, 0.3) is 32.8 Å². The molecule has 0 aliphatic heterocycles. The zero-order valence-electron chi connectivity index (χ0n) is 19.0. The van der Waals surface area contributed by atoms with E-state index in [4.69, 9.17) is 0 Å². The van der Waals surface area contributed by atoms with Crippen molar-refractivity contribution in [1.29, 1.82) is 0 Å². The first-order chi connectivity index (χ1) is 15.9. The molecule has 4 aromatic rings. The normalized spacial score (nSPS) is 12.1. The van der Waals surface area contributed by atoms with Crippen LogP contribution in [0.5, 0.6) is 0 Å². The number of hydrogen-bond acceptors (Lipinski definition) is 6. The first-order valence-corrected chi connectivity index (χ1v) is 11.7. The molecule has 0 fully saturated rings. The van der Waals surface area contributed by atoms with Gasteiger partial charge in [-0.05, 0) is 50.4 Å². The second-order valence-electron chi connectivity index (χ2n) is 8.85. The zero-order chi connectivity index (χ0) is 24.8. The molecule has 11 heteroatoms. The van der Waals surface area contributed by atoms with Gasteiger partial charge in [-0.15, -0.1) is 0 Å². The fourth-order valence-electron chi connectivity index (χ4n) is 3.74. The molecule has 0 bridgehead atoms. The molecule has 2 aromatic carbocycles. The number of rotatable bonds is 4. The van der Waals surface area contributed by atoms with Gasteiger partial charge in [0.25, 0.3) is 0 Å². The monoisotopic (exact) mass is 481 g/mol. The molecule has 0 aliphatic rings. The molecule has 0 aliphatic carbocycles. The Morgan fingerprint density at radius 3 is 2.38 bits per heavy atom. The summed E-state index contributed by atoms with van der Waals surface area (Å²) in [5, 5.41) is 14.8. The number of nitrogens with zero attached hydrogens (tertiary/aromatic N) is 4. The molecule has 2 N–H and O–H groups in total. The van der Waals surface area contributed by atoms with Gasteiger partial charge in [-0.1, -0.05) is 12.1 Å². The molecule has 0 spiro atoms. The Balaban J connectivity index is 1.85. The van der Waals surface area contributed by atoms with Crippen molar-refractivity contribution in [2.75, 3.05) is 4.72 Å². The quantitative estimate of drug-likeness (QED) is 0.455. The second kappa shape index (κ2) is 8.10.